The molecule has 1 aliphatic heterocycles. The predicted molar refractivity (Wildman–Crippen MR) is 76.7 cm³/mol. The molecule has 0 radical (unpaired) electrons. The van der Waals surface area contributed by atoms with E-state index in [-0.39, 0.29) is 12.0 Å². The summed E-state index contributed by atoms with van der Waals surface area (Å²) in [5.74, 6) is 0.248. The fourth-order valence-corrected chi connectivity index (χ4v) is 5.64. The molecule has 19 heavy (non-hydrogen) atoms. The number of rotatable bonds is 3. The van der Waals surface area contributed by atoms with Crippen molar-refractivity contribution >= 4 is 21.4 Å². The minimum atomic E-state index is -3.40. The van der Waals surface area contributed by atoms with Gasteiger partial charge >= 0.3 is 0 Å². The lowest BCUT2D eigenvalue weighted by atomic mass is 9.93. The minimum absolute atomic E-state index is 0.0299. The van der Waals surface area contributed by atoms with Gasteiger partial charge in [0, 0.05) is 19.1 Å². The molecule has 1 saturated heterocycles. The summed E-state index contributed by atoms with van der Waals surface area (Å²) in [6.45, 7) is 6.64. The minimum Gasteiger partial charge on any atom is -0.328 e. The van der Waals surface area contributed by atoms with Gasteiger partial charge in [0.2, 0.25) is 0 Å². The standard InChI is InChI=1S/C12H21N3O2S2/c1-8(13)11-5-4-6-15(7-11)19(16,17)12-9(2)14-10(3)18-12/h8,11H,4-7,13H2,1-3H3. The topological polar surface area (TPSA) is 76.3 Å². The summed E-state index contributed by atoms with van der Waals surface area (Å²) in [4.78, 5) is 4.21. The van der Waals surface area contributed by atoms with Gasteiger partial charge in [0.1, 0.15) is 0 Å². The zero-order chi connectivity index (χ0) is 14.2. The molecule has 1 aromatic heterocycles. The second-order valence-corrected chi connectivity index (χ2v) is 8.57. The van der Waals surface area contributed by atoms with Crippen LogP contribution in [0.5, 0.6) is 0 Å². The van der Waals surface area contributed by atoms with Crippen LogP contribution in [-0.4, -0.2) is 36.8 Å². The van der Waals surface area contributed by atoms with Crippen LogP contribution in [0.3, 0.4) is 0 Å². The van der Waals surface area contributed by atoms with E-state index >= 15 is 0 Å². The molecular formula is C12H21N3O2S2. The van der Waals surface area contributed by atoms with Crippen molar-refractivity contribution in [1.82, 2.24) is 9.29 Å². The molecule has 0 spiro atoms. The van der Waals surface area contributed by atoms with Crippen LogP contribution in [-0.2, 0) is 10.0 Å². The molecule has 5 nitrogen and oxygen atoms in total. The number of piperidine rings is 1. The molecular weight excluding hydrogens is 282 g/mol. The lowest BCUT2D eigenvalue weighted by Gasteiger charge is -2.33. The lowest BCUT2D eigenvalue weighted by Crippen LogP contribution is -2.44. The van der Waals surface area contributed by atoms with Crippen molar-refractivity contribution in [1.29, 1.82) is 0 Å². The second kappa shape index (κ2) is 5.47. The maximum atomic E-state index is 12.6. The van der Waals surface area contributed by atoms with E-state index < -0.39 is 10.0 Å². The molecule has 0 bridgehead atoms. The van der Waals surface area contributed by atoms with E-state index in [0.29, 0.717) is 23.0 Å². The first-order valence-corrected chi connectivity index (χ1v) is 8.78. The highest BCUT2D eigenvalue weighted by Crippen LogP contribution is 2.30. The summed E-state index contributed by atoms with van der Waals surface area (Å²) in [5.41, 5.74) is 6.52. The quantitative estimate of drug-likeness (QED) is 0.918. The number of aromatic nitrogens is 1. The van der Waals surface area contributed by atoms with Crippen LogP contribution in [0.4, 0.5) is 0 Å². The Balaban J connectivity index is 2.27. The Hall–Kier alpha value is -0.500. The zero-order valence-electron chi connectivity index (χ0n) is 11.6. The van der Waals surface area contributed by atoms with Gasteiger partial charge in [0.15, 0.2) is 4.21 Å². The van der Waals surface area contributed by atoms with E-state index in [1.807, 2.05) is 13.8 Å². The van der Waals surface area contributed by atoms with E-state index in [9.17, 15) is 8.42 Å². The Morgan fingerprint density at radius 3 is 2.68 bits per heavy atom. The fraction of sp³-hybridized carbons (Fsp3) is 0.750. The summed E-state index contributed by atoms with van der Waals surface area (Å²) in [6.07, 6.45) is 1.88. The summed E-state index contributed by atoms with van der Waals surface area (Å²) in [6, 6.07) is 0.0299. The van der Waals surface area contributed by atoms with Crippen LogP contribution in [0, 0.1) is 19.8 Å². The Bertz CT molecular complexity index is 551. The van der Waals surface area contributed by atoms with Gasteiger partial charge in [-0.05, 0) is 39.5 Å². The normalized spacial score (nSPS) is 23.5. The first-order chi connectivity index (χ1) is 8.82. The molecule has 108 valence electrons. The fourth-order valence-electron chi connectivity index (χ4n) is 2.49. The summed E-state index contributed by atoms with van der Waals surface area (Å²) in [5, 5.41) is 0.789. The van der Waals surface area contributed by atoms with Crippen molar-refractivity contribution in [3.63, 3.8) is 0 Å². The maximum absolute atomic E-state index is 12.6. The molecule has 1 aromatic rings. The molecule has 1 fully saturated rings. The van der Waals surface area contributed by atoms with Crippen LogP contribution < -0.4 is 5.73 Å². The van der Waals surface area contributed by atoms with Crippen LogP contribution in [0.25, 0.3) is 0 Å². The largest absolute Gasteiger partial charge is 0.328 e. The smallest absolute Gasteiger partial charge is 0.254 e. The summed E-state index contributed by atoms with van der Waals surface area (Å²) >= 11 is 1.25. The predicted octanol–water partition coefficient (Wildman–Crippen LogP) is 1.51. The van der Waals surface area contributed by atoms with E-state index in [0.717, 1.165) is 17.8 Å². The molecule has 7 heteroatoms. The number of aryl methyl sites for hydroxylation is 2. The third-order valence-corrected chi connectivity index (χ3v) is 7.12. The third-order valence-electron chi connectivity index (χ3n) is 3.60. The number of sulfonamides is 1. The molecule has 0 amide bonds. The van der Waals surface area contributed by atoms with Gasteiger partial charge in [-0.3, -0.25) is 0 Å². The average Bonchev–Trinajstić information content (AvgIpc) is 2.69. The highest BCUT2D eigenvalue weighted by Gasteiger charge is 2.33. The van der Waals surface area contributed by atoms with Gasteiger partial charge in [-0.2, -0.15) is 4.31 Å². The van der Waals surface area contributed by atoms with Crippen LogP contribution in [0.2, 0.25) is 0 Å². The average molecular weight is 303 g/mol. The van der Waals surface area contributed by atoms with Crippen molar-refractivity contribution in [2.24, 2.45) is 11.7 Å². The van der Waals surface area contributed by atoms with E-state index in [4.69, 9.17) is 5.73 Å². The van der Waals surface area contributed by atoms with Crippen molar-refractivity contribution in [3.05, 3.63) is 10.7 Å². The maximum Gasteiger partial charge on any atom is 0.254 e. The number of nitrogens with two attached hydrogens (primary N) is 1. The molecule has 2 heterocycles. The number of thiazole rings is 1. The molecule has 1 aliphatic rings. The van der Waals surface area contributed by atoms with Crippen molar-refractivity contribution in [2.75, 3.05) is 13.1 Å². The highest BCUT2D eigenvalue weighted by molar-refractivity contribution is 7.91. The van der Waals surface area contributed by atoms with E-state index in [2.05, 4.69) is 4.98 Å². The molecule has 2 unspecified atom stereocenters. The molecule has 2 rings (SSSR count). The van der Waals surface area contributed by atoms with E-state index in [1.54, 1.807) is 11.2 Å². The van der Waals surface area contributed by atoms with Gasteiger partial charge in [-0.25, -0.2) is 13.4 Å². The highest BCUT2D eigenvalue weighted by atomic mass is 32.2. The molecule has 2 N–H and O–H groups in total. The van der Waals surface area contributed by atoms with E-state index in [1.165, 1.54) is 11.3 Å². The van der Waals surface area contributed by atoms with Crippen LogP contribution in [0.1, 0.15) is 30.5 Å². The molecule has 0 aliphatic carbocycles. The van der Waals surface area contributed by atoms with Crippen LogP contribution in [0.15, 0.2) is 4.21 Å². The van der Waals surface area contributed by atoms with Gasteiger partial charge < -0.3 is 5.73 Å². The third kappa shape index (κ3) is 2.99. The van der Waals surface area contributed by atoms with Crippen molar-refractivity contribution in [2.45, 2.75) is 43.9 Å². The summed E-state index contributed by atoms with van der Waals surface area (Å²) < 4.78 is 27.2. The molecule has 0 saturated carbocycles. The lowest BCUT2D eigenvalue weighted by molar-refractivity contribution is 0.243. The molecule has 2 atom stereocenters. The summed E-state index contributed by atoms with van der Waals surface area (Å²) in [7, 11) is -3.40. The van der Waals surface area contributed by atoms with Gasteiger partial charge in [0.25, 0.3) is 10.0 Å². The first-order valence-electron chi connectivity index (χ1n) is 6.52. The second-order valence-electron chi connectivity index (χ2n) is 5.23. The Kier molecular flexibility index (Phi) is 4.29. The monoisotopic (exact) mass is 303 g/mol. The number of hydrogen-bond donors (Lipinski definition) is 1. The number of hydrogen-bond acceptors (Lipinski definition) is 5. The Labute approximate surface area is 118 Å². The number of nitrogens with zero attached hydrogens (tertiary/aromatic N) is 2. The SMILES string of the molecule is Cc1nc(C)c(S(=O)(=O)N2CCCC(C(C)N)C2)s1. The van der Waals surface area contributed by atoms with Crippen molar-refractivity contribution in [3.8, 4) is 0 Å². The van der Waals surface area contributed by atoms with Gasteiger partial charge in [0.05, 0.1) is 10.7 Å². The van der Waals surface area contributed by atoms with Gasteiger partial charge in [-0.1, -0.05) is 0 Å². The van der Waals surface area contributed by atoms with Crippen LogP contribution >= 0.6 is 11.3 Å². The van der Waals surface area contributed by atoms with Gasteiger partial charge in [-0.15, -0.1) is 11.3 Å². The van der Waals surface area contributed by atoms with Crippen molar-refractivity contribution < 1.29 is 8.42 Å². The first kappa shape index (κ1) is 14.9. The molecule has 0 aromatic carbocycles. The Morgan fingerprint density at radius 1 is 1.47 bits per heavy atom. The zero-order valence-corrected chi connectivity index (χ0v) is 13.2. The Morgan fingerprint density at radius 2 is 2.16 bits per heavy atom.